The van der Waals surface area contributed by atoms with E-state index in [4.69, 9.17) is 11.6 Å². The van der Waals surface area contributed by atoms with Crippen molar-refractivity contribution in [2.45, 2.75) is 0 Å². The van der Waals surface area contributed by atoms with Crippen molar-refractivity contribution in [1.29, 1.82) is 0 Å². The number of pyridine rings is 1. The number of nitrogens with one attached hydrogen (secondary N) is 1. The fraction of sp³-hybridized carbons (Fsp3) is 0. The van der Waals surface area contributed by atoms with Crippen LogP contribution >= 0.6 is 11.6 Å². The number of para-hydroxylation sites is 2. The minimum Gasteiger partial charge on any atom is -0.322 e. The van der Waals surface area contributed by atoms with Crippen molar-refractivity contribution in [3.8, 4) is 5.69 Å². The molecule has 6 heteroatoms. The van der Waals surface area contributed by atoms with E-state index in [-0.39, 0.29) is 11.1 Å². The highest BCUT2D eigenvalue weighted by molar-refractivity contribution is 6.29. The smallest absolute Gasteiger partial charge is 0.255 e. The van der Waals surface area contributed by atoms with Gasteiger partial charge in [-0.2, -0.15) is 0 Å². The lowest BCUT2D eigenvalue weighted by atomic mass is 10.2. The third-order valence-corrected chi connectivity index (χ3v) is 4.05. The highest BCUT2D eigenvalue weighted by atomic mass is 35.5. The molecule has 0 aliphatic carbocycles. The largest absolute Gasteiger partial charge is 0.322 e. The molecule has 4 rings (SSSR count). The first-order chi connectivity index (χ1) is 12.2. The van der Waals surface area contributed by atoms with Gasteiger partial charge in [0.05, 0.1) is 11.0 Å². The van der Waals surface area contributed by atoms with E-state index >= 15 is 0 Å². The number of nitrogens with zero attached hydrogens (tertiary/aromatic N) is 3. The zero-order valence-electron chi connectivity index (χ0n) is 13.1. The van der Waals surface area contributed by atoms with Crippen LogP contribution in [0.15, 0.2) is 73.2 Å². The van der Waals surface area contributed by atoms with Crippen LogP contribution in [0.3, 0.4) is 0 Å². The summed E-state index contributed by atoms with van der Waals surface area (Å²) in [6, 6.07) is 18.7. The Labute approximate surface area is 148 Å². The van der Waals surface area contributed by atoms with E-state index in [1.54, 1.807) is 12.4 Å². The van der Waals surface area contributed by atoms with Crippen molar-refractivity contribution in [3.63, 3.8) is 0 Å². The second kappa shape index (κ2) is 6.37. The normalized spacial score (nSPS) is 10.8. The molecule has 25 heavy (non-hydrogen) atoms. The third kappa shape index (κ3) is 3.09. The summed E-state index contributed by atoms with van der Waals surface area (Å²) in [6.07, 6.45) is 3.29. The summed E-state index contributed by atoms with van der Waals surface area (Å²) in [6.45, 7) is 0. The van der Waals surface area contributed by atoms with Crippen LogP contribution in [0.1, 0.15) is 10.4 Å². The molecule has 0 atom stereocenters. The first-order valence-corrected chi connectivity index (χ1v) is 8.04. The van der Waals surface area contributed by atoms with Crippen LogP contribution < -0.4 is 5.32 Å². The highest BCUT2D eigenvalue weighted by Crippen LogP contribution is 2.20. The van der Waals surface area contributed by atoms with Crippen molar-refractivity contribution in [3.05, 3.63) is 83.9 Å². The van der Waals surface area contributed by atoms with Crippen LogP contribution in [-0.4, -0.2) is 20.4 Å². The van der Waals surface area contributed by atoms with Gasteiger partial charge in [-0.05, 0) is 48.5 Å². The fourth-order valence-electron chi connectivity index (χ4n) is 2.62. The summed E-state index contributed by atoms with van der Waals surface area (Å²) in [5.74, 6) is -0.231. The Balaban J connectivity index is 1.57. The molecule has 0 aliphatic rings. The van der Waals surface area contributed by atoms with Gasteiger partial charge in [0, 0.05) is 23.1 Å². The van der Waals surface area contributed by atoms with E-state index in [9.17, 15) is 4.79 Å². The number of hydrogen-bond acceptors (Lipinski definition) is 3. The van der Waals surface area contributed by atoms with E-state index in [0.29, 0.717) is 11.3 Å². The predicted molar refractivity (Wildman–Crippen MR) is 98.3 cm³/mol. The summed E-state index contributed by atoms with van der Waals surface area (Å²) >= 11 is 5.82. The Bertz CT molecular complexity index is 1060. The monoisotopic (exact) mass is 348 g/mol. The number of anilines is 1. The van der Waals surface area contributed by atoms with Crippen LogP contribution in [0, 0.1) is 0 Å². The Morgan fingerprint density at radius 2 is 1.80 bits per heavy atom. The Kier molecular flexibility index (Phi) is 3.91. The second-order valence-corrected chi connectivity index (χ2v) is 5.86. The van der Waals surface area contributed by atoms with E-state index in [1.165, 1.54) is 12.3 Å². The molecule has 0 spiro atoms. The third-order valence-electron chi connectivity index (χ3n) is 3.85. The van der Waals surface area contributed by atoms with Crippen LogP contribution in [0.25, 0.3) is 16.7 Å². The molecule has 4 aromatic rings. The van der Waals surface area contributed by atoms with Crippen molar-refractivity contribution in [2.24, 2.45) is 0 Å². The number of carbonyl (C=O) groups is 1. The molecule has 0 bridgehead atoms. The highest BCUT2D eigenvalue weighted by Gasteiger charge is 2.08. The number of carbonyl (C=O) groups excluding carboxylic acids is 1. The zero-order chi connectivity index (χ0) is 17.2. The first-order valence-electron chi connectivity index (χ1n) is 7.66. The maximum atomic E-state index is 12.2. The number of halogens is 1. The Morgan fingerprint density at radius 3 is 2.60 bits per heavy atom. The van der Waals surface area contributed by atoms with Gasteiger partial charge >= 0.3 is 0 Å². The van der Waals surface area contributed by atoms with E-state index in [0.717, 1.165) is 16.7 Å². The standard InChI is InChI=1S/C19H13ClN4O/c20-18-11-13(9-10-21-18)19(25)23-14-5-7-15(8-6-14)24-12-22-16-3-1-2-4-17(16)24/h1-12H,(H,23,25). The molecule has 0 fully saturated rings. The molecular formula is C19H13ClN4O. The Morgan fingerprint density at radius 1 is 1.00 bits per heavy atom. The molecular weight excluding hydrogens is 336 g/mol. The lowest BCUT2D eigenvalue weighted by Gasteiger charge is -2.08. The number of rotatable bonds is 3. The lowest BCUT2D eigenvalue weighted by Crippen LogP contribution is -2.12. The van der Waals surface area contributed by atoms with Crippen molar-refractivity contribution >= 4 is 34.2 Å². The lowest BCUT2D eigenvalue weighted by molar-refractivity contribution is 0.102. The quantitative estimate of drug-likeness (QED) is 0.561. The topological polar surface area (TPSA) is 59.8 Å². The molecule has 1 amide bonds. The van der Waals surface area contributed by atoms with Gasteiger partial charge < -0.3 is 5.32 Å². The molecule has 0 unspecified atom stereocenters. The molecule has 1 N–H and O–H groups in total. The molecule has 0 radical (unpaired) electrons. The molecule has 5 nitrogen and oxygen atoms in total. The van der Waals surface area contributed by atoms with E-state index in [2.05, 4.69) is 15.3 Å². The van der Waals surface area contributed by atoms with Crippen LogP contribution in [-0.2, 0) is 0 Å². The molecule has 0 saturated carbocycles. The van der Waals surface area contributed by atoms with Crippen molar-refractivity contribution in [1.82, 2.24) is 14.5 Å². The minimum absolute atomic E-state index is 0.231. The van der Waals surface area contributed by atoms with E-state index in [1.807, 2.05) is 53.1 Å². The average molecular weight is 349 g/mol. The Hall–Kier alpha value is -3.18. The van der Waals surface area contributed by atoms with Gasteiger partial charge in [-0.25, -0.2) is 9.97 Å². The molecule has 2 aromatic heterocycles. The van der Waals surface area contributed by atoms with Gasteiger partial charge in [0.25, 0.3) is 5.91 Å². The predicted octanol–water partition coefficient (Wildman–Crippen LogP) is 4.33. The zero-order valence-corrected chi connectivity index (χ0v) is 13.8. The number of amides is 1. The molecule has 2 heterocycles. The summed E-state index contributed by atoms with van der Waals surface area (Å²) < 4.78 is 2.00. The molecule has 0 saturated heterocycles. The maximum Gasteiger partial charge on any atom is 0.255 e. The number of aromatic nitrogens is 3. The fourth-order valence-corrected chi connectivity index (χ4v) is 2.79. The number of benzene rings is 2. The molecule has 0 aliphatic heterocycles. The van der Waals surface area contributed by atoms with Crippen molar-refractivity contribution < 1.29 is 4.79 Å². The van der Waals surface area contributed by atoms with E-state index < -0.39 is 0 Å². The van der Waals surface area contributed by atoms with Gasteiger partial charge in [0.15, 0.2) is 0 Å². The van der Waals surface area contributed by atoms with Crippen LogP contribution in [0.4, 0.5) is 5.69 Å². The van der Waals surface area contributed by atoms with Gasteiger partial charge in [-0.15, -0.1) is 0 Å². The maximum absolute atomic E-state index is 12.2. The van der Waals surface area contributed by atoms with Gasteiger partial charge in [-0.1, -0.05) is 23.7 Å². The average Bonchev–Trinajstić information content (AvgIpc) is 3.06. The van der Waals surface area contributed by atoms with Gasteiger partial charge in [-0.3, -0.25) is 9.36 Å². The SMILES string of the molecule is O=C(Nc1ccc(-n2cnc3ccccc32)cc1)c1ccnc(Cl)c1. The van der Waals surface area contributed by atoms with Gasteiger partial charge in [0.2, 0.25) is 0 Å². The summed E-state index contributed by atoms with van der Waals surface area (Å²) in [5, 5.41) is 3.13. The number of fused-ring (bicyclic) bond motifs is 1. The number of hydrogen-bond donors (Lipinski definition) is 1. The summed E-state index contributed by atoms with van der Waals surface area (Å²) in [4.78, 5) is 20.5. The number of imidazole rings is 1. The van der Waals surface area contributed by atoms with Crippen LogP contribution in [0.5, 0.6) is 0 Å². The first kappa shape index (κ1) is 15.4. The second-order valence-electron chi connectivity index (χ2n) is 5.47. The van der Waals surface area contributed by atoms with Crippen LogP contribution in [0.2, 0.25) is 5.15 Å². The van der Waals surface area contributed by atoms with Gasteiger partial charge in [0.1, 0.15) is 11.5 Å². The molecule has 2 aromatic carbocycles. The molecule has 122 valence electrons. The summed E-state index contributed by atoms with van der Waals surface area (Å²) in [7, 11) is 0. The minimum atomic E-state index is -0.231. The van der Waals surface area contributed by atoms with Crippen molar-refractivity contribution in [2.75, 3.05) is 5.32 Å². The summed E-state index contributed by atoms with van der Waals surface area (Å²) in [5.41, 5.74) is 4.11.